The topological polar surface area (TPSA) is 51.5 Å². The van der Waals surface area contributed by atoms with Gasteiger partial charge in [-0.3, -0.25) is 0 Å². The van der Waals surface area contributed by atoms with Crippen LogP contribution in [0.5, 0.6) is 5.75 Å². The standard InChI is InChI=1S/C22H24N2O3S/c1-16-8-9-21(27-3)22(14-16)28(25,26)24-12-10-17(11-13-24)19-15-23(2)20-7-5-4-6-18(19)20/h4-10,14-15H,11-13H2,1-3H3. The number of aromatic nitrogens is 1. The molecule has 0 saturated carbocycles. The lowest BCUT2D eigenvalue weighted by Crippen LogP contribution is -2.35. The lowest BCUT2D eigenvalue weighted by molar-refractivity contribution is 0.395. The second kappa shape index (κ2) is 7.11. The van der Waals surface area contributed by atoms with Gasteiger partial charge in [-0.15, -0.1) is 0 Å². The van der Waals surface area contributed by atoms with Crippen LogP contribution in [0.2, 0.25) is 0 Å². The molecule has 4 rings (SSSR count). The molecule has 3 aromatic rings. The normalized spacial score (nSPS) is 15.6. The Kier molecular flexibility index (Phi) is 4.77. The molecule has 0 spiro atoms. The number of fused-ring (bicyclic) bond motifs is 1. The molecule has 146 valence electrons. The van der Waals surface area contributed by atoms with E-state index in [1.165, 1.54) is 33.5 Å². The summed E-state index contributed by atoms with van der Waals surface area (Å²) >= 11 is 0. The zero-order chi connectivity index (χ0) is 19.9. The van der Waals surface area contributed by atoms with Crippen LogP contribution in [-0.2, 0) is 17.1 Å². The number of benzene rings is 2. The van der Waals surface area contributed by atoms with Crippen LogP contribution in [0, 0.1) is 6.92 Å². The molecule has 28 heavy (non-hydrogen) atoms. The van der Waals surface area contributed by atoms with Crippen LogP contribution in [0.1, 0.15) is 17.5 Å². The maximum Gasteiger partial charge on any atom is 0.247 e. The van der Waals surface area contributed by atoms with E-state index in [2.05, 4.69) is 22.9 Å². The molecular weight excluding hydrogens is 372 g/mol. The first-order valence-electron chi connectivity index (χ1n) is 9.30. The number of nitrogens with zero attached hydrogens (tertiary/aromatic N) is 2. The molecule has 0 atom stereocenters. The summed E-state index contributed by atoms with van der Waals surface area (Å²) in [4.78, 5) is 0.233. The molecule has 2 aromatic carbocycles. The van der Waals surface area contributed by atoms with E-state index in [9.17, 15) is 8.42 Å². The molecule has 5 nitrogen and oxygen atoms in total. The van der Waals surface area contributed by atoms with Crippen molar-refractivity contribution in [2.24, 2.45) is 7.05 Å². The van der Waals surface area contributed by atoms with Crippen molar-refractivity contribution in [3.63, 3.8) is 0 Å². The van der Waals surface area contributed by atoms with Crippen molar-refractivity contribution >= 4 is 26.5 Å². The van der Waals surface area contributed by atoms with Gasteiger partial charge in [-0.1, -0.05) is 30.3 Å². The number of sulfonamides is 1. The van der Waals surface area contributed by atoms with Gasteiger partial charge < -0.3 is 9.30 Å². The van der Waals surface area contributed by atoms with Crippen molar-refractivity contribution in [3.8, 4) is 5.75 Å². The minimum absolute atomic E-state index is 0.233. The van der Waals surface area contributed by atoms with E-state index in [1.54, 1.807) is 12.1 Å². The Balaban J connectivity index is 1.66. The summed E-state index contributed by atoms with van der Waals surface area (Å²) in [6, 6.07) is 13.5. The highest BCUT2D eigenvalue weighted by atomic mass is 32.2. The average Bonchev–Trinajstić information content (AvgIpc) is 3.05. The fourth-order valence-electron chi connectivity index (χ4n) is 3.84. The third-order valence-corrected chi connectivity index (χ3v) is 7.24. The number of methoxy groups -OCH3 is 1. The summed E-state index contributed by atoms with van der Waals surface area (Å²) in [5, 5.41) is 1.20. The first-order valence-corrected chi connectivity index (χ1v) is 10.7. The van der Waals surface area contributed by atoms with Crippen LogP contribution in [0.25, 0.3) is 16.5 Å². The Hall–Kier alpha value is -2.57. The highest BCUT2D eigenvalue weighted by Crippen LogP contribution is 2.33. The number of hydrogen-bond donors (Lipinski definition) is 0. The summed E-state index contributed by atoms with van der Waals surface area (Å²) in [6.45, 7) is 2.69. The van der Waals surface area contributed by atoms with Crippen LogP contribution in [0.3, 0.4) is 0 Å². The van der Waals surface area contributed by atoms with Crippen LogP contribution >= 0.6 is 0 Å². The number of rotatable bonds is 4. The summed E-state index contributed by atoms with van der Waals surface area (Å²) in [6.07, 6.45) is 4.84. The zero-order valence-electron chi connectivity index (χ0n) is 16.3. The van der Waals surface area contributed by atoms with Crippen LogP contribution in [0.4, 0.5) is 0 Å². The van der Waals surface area contributed by atoms with Gasteiger partial charge in [0, 0.05) is 42.8 Å². The van der Waals surface area contributed by atoms with Gasteiger partial charge in [-0.05, 0) is 42.7 Å². The summed E-state index contributed by atoms with van der Waals surface area (Å²) in [5.41, 5.74) is 4.45. The largest absolute Gasteiger partial charge is 0.495 e. The Morgan fingerprint density at radius 3 is 2.61 bits per heavy atom. The zero-order valence-corrected chi connectivity index (χ0v) is 17.2. The maximum atomic E-state index is 13.2. The predicted octanol–water partition coefficient (Wildman–Crippen LogP) is 3.97. The lowest BCUT2D eigenvalue weighted by Gasteiger charge is -2.26. The highest BCUT2D eigenvalue weighted by Gasteiger charge is 2.29. The predicted molar refractivity (Wildman–Crippen MR) is 112 cm³/mol. The van der Waals surface area contributed by atoms with Crippen molar-refractivity contribution < 1.29 is 13.2 Å². The summed E-state index contributed by atoms with van der Waals surface area (Å²) < 4.78 is 35.3. The van der Waals surface area contributed by atoms with E-state index >= 15 is 0 Å². The van der Waals surface area contributed by atoms with E-state index in [1.807, 2.05) is 38.2 Å². The van der Waals surface area contributed by atoms with Crippen LogP contribution in [-0.4, -0.2) is 37.5 Å². The molecule has 0 amide bonds. The average molecular weight is 397 g/mol. The molecule has 0 fully saturated rings. The van der Waals surface area contributed by atoms with Gasteiger partial charge in [0.25, 0.3) is 0 Å². The van der Waals surface area contributed by atoms with E-state index in [0.717, 1.165) is 5.56 Å². The smallest absolute Gasteiger partial charge is 0.247 e. The minimum Gasteiger partial charge on any atom is -0.495 e. The van der Waals surface area contributed by atoms with E-state index in [-0.39, 0.29) is 4.90 Å². The first kappa shape index (κ1) is 18.8. The van der Waals surface area contributed by atoms with Gasteiger partial charge in [-0.2, -0.15) is 4.31 Å². The number of hydrogen-bond acceptors (Lipinski definition) is 3. The van der Waals surface area contributed by atoms with Crippen molar-refractivity contribution in [2.45, 2.75) is 18.2 Å². The number of para-hydroxylation sites is 1. The third-order valence-electron chi connectivity index (χ3n) is 5.35. The minimum atomic E-state index is -3.61. The van der Waals surface area contributed by atoms with Crippen LogP contribution < -0.4 is 4.74 Å². The van der Waals surface area contributed by atoms with Crippen LogP contribution in [0.15, 0.2) is 59.6 Å². The van der Waals surface area contributed by atoms with Crippen molar-refractivity contribution in [1.82, 2.24) is 8.87 Å². The number of aryl methyl sites for hydroxylation is 2. The molecular formula is C22H24N2O3S. The Bertz CT molecular complexity index is 1180. The Morgan fingerprint density at radius 2 is 1.89 bits per heavy atom. The van der Waals surface area contributed by atoms with Crippen molar-refractivity contribution in [1.29, 1.82) is 0 Å². The fraction of sp³-hybridized carbons (Fsp3) is 0.273. The molecule has 0 bridgehead atoms. The fourth-order valence-corrected chi connectivity index (χ4v) is 5.46. The van der Waals surface area contributed by atoms with Gasteiger partial charge in [0.05, 0.1) is 7.11 Å². The Labute approximate surface area is 165 Å². The molecule has 0 N–H and O–H groups in total. The van der Waals surface area contributed by atoms with Crippen molar-refractivity contribution in [2.75, 3.05) is 20.2 Å². The molecule has 6 heteroatoms. The first-order chi connectivity index (χ1) is 13.4. The highest BCUT2D eigenvalue weighted by molar-refractivity contribution is 7.89. The van der Waals surface area contributed by atoms with Gasteiger partial charge in [0.2, 0.25) is 10.0 Å². The maximum absolute atomic E-state index is 13.2. The van der Waals surface area contributed by atoms with Crippen molar-refractivity contribution in [3.05, 3.63) is 65.9 Å². The van der Waals surface area contributed by atoms with E-state index in [4.69, 9.17) is 4.74 Å². The number of ether oxygens (including phenoxy) is 1. The van der Waals surface area contributed by atoms with E-state index in [0.29, 0.717) is 25.3 Å². The molecule has 0 unspecified atom stereocenters. The van der Waals surface area contributed by atoms with Gasteiger partial charge in [0.15, 0.2) is 0 Å². The third kappa shape index (κ3) is 3.12. The van der Waals surface area contributed by atoms with Gasteiger partial charge >= 0.3 is 0 Å². The van der Waals surface area contributed by atoms with Gasteiger partial charge in [-0.25, -0.2) is 8.42 Å². The second-order valence-electron chi connectivity index (χ2n) is 7.17. The second-order valence-corrected chi connectivity index (χ2v) is 9.07. The molecule has 1 aliphatic heterocycles. The molecule has 0 saturated heterocycles. The summed E-state index contributed by atoms with van der Waals surface area (Å²) in [5.74, 6) is 0.384. The molecule has 0 radical (unpaired) electrons. The van der Waals surface area contributed by atoms with Gasteiger partial charge in [0.1, 0.15) is 10.6 Å². The molecule has 2 heterocycles. The lowest BCUT2D eigenvalue weighted by atomic mass is 10.00. The monoisotopic (exact) mass is 396 g/mol. The van der Waals surface area contributed by atoms with E-state index < -0.39 is 10.0 Å². The summed E-state index contributed by atoms with van der Waals surface area (Å²) in [7, 11) is -0.0755. The molecule has 0 aliphatic carbocycles. The Morgan fingerprint density at radius 1 is 1.11 bits per heavy atom. The molecule has 1 aliphatic rings. The quantitative estimate of drug-likeness (QED) is 0.670. The SMILES string of the molecule is COc1ccc(C)cc1S(=O)(=O)N1CC=C(c2cn(C)c3ccccc23)CC1. The molecule has 1 aromatic heterocycles.